The van der Waals surface area contributed by atoms with Gasteiger partial charge in [-0.2, -0.15) is 5.11 Å². The Morgan fingerprint density at radius 2 is 2.08 bits per heavy atom. The van der Waals surface area contributed by atoms with E-state index in [1.54, 1.807) is 19.9 Å². The van der Waals surface area contributed by atoms with Gasteiger partial charge in [0.05, 0.1) is 5.60 Å². The number of hydrogen-bond acceptors (Lipinski definition) is 7. The van der Waals surface area contributed by atoms with Crippen LogP contribution in [-0.4, -0.2) is 21.7 Å². The molecule has 9 heteroatoms. The van der Waals surface area contributed by atoms with E-state index in [2.05, 4.69) is 20.4 Å². The first kappa shape index (κ1) is 19.4. The average Bonchev–Trinajstić information content (AvgIpc) is 2.61. The maximum atomic E-state index is 12.7. The fraction of sp³-hybridized carbons (Fsp3) is 0.294. The van der Waals surface area contributed by atoms with E-state index in [1.165, 1.54) is 36.8 Å². The minimum atomic E-state index is -2.56. The third-order valence-corrected chi connectivity index (χ3v) is 3.37. The van der Waals surface area contributed by atoms with Crippen molar-refractivity contribution in [3.8, 4) is 6.01 Å². The lowest BCUT2D eigenvalue weighted by atomic mass is 10.0. The van der Waals surface area contributed by atoms with Crippen molar-refractivity contribution < 1.29 is 18.6 Å². The molecule has 0 atom stereocenters. The van der Waals surface area contributed by atoms with E-state index in [4.69, 9.17) is 10.3 Å². The van der Waals surface area contributed by atoms with Gasteiger partial charge in [0, 0.05) is 35.4 Å². The van der Waals surface area contributed by atoms with Gasteiger partial charge in [0.1, 0.15) is 12.3 Å². The van der Waals surface area contributed by atoms with Crippen LogP contribution in [0.15, 0.2) is 53.7 Å². The maximum Gasteiger partial charge on any atom is 0.316 e. The number of rotatable bonds is 8. The molecule has 7 nitrogen and oxygen atoms in total. The predicted octanol–water partition coefficient (Wildman–Crippen LogP) is 4.00. The summed E-state index contributed by atoms with van der Waals surface area (Å²) in [7, 11) is 0. The van der Waals surface area contributed by atoms with Crippen LogP contribution < -0.4 is 10.1 Å². The number of anilines is 1. The first-order valence-corrected chi connectivity index (χ1v) is 7.68. The molecule has 0 saturated heterocycles. The molecule has 0 amide bonds. The Bertz CT molecular complexity index is 773. The van der Waals surface area contributed by atoms with E-state index in [0.717, 1.165) is 0 Å². The summed E-state index contributed by atoms with van der Waals surface area (Å²) in [6, 6.07) is 5.81. The van der Waals surface area contributed by atoms with Crippen molar-refractivity contribution >= 4 is 5.69 Å². The van der Waals surface area contributed by atoms with Crippen LogP contribution in [0.5, 0.6) is 6.01 Å². The molecule has 0 bridgehead atoms. The van der Waals surface area contributed by atoms with Gasteiger partial charge in [0.25, 0.3) is 6.43 Å². The third-order valence-electron chi connectivity index (χ3n) is 3.37. The van der Waals surface area contributed by atoms with E-state index >= 15 is 0 Å². The van der Waals surface area contributed by atoms with Crippen LogP contribution in [0.2, 0.25) is 0 Å². The molecule has 0 fully saturated rings. The Morgan fingerprint density at radius 3 is 2.65 bits per heavy atom. The second kappa shape index (κ2) is 8.43. The fourth-order valence-electron chi connectivity index (χ4n) is 1.88. The number of hydrogen-bond donors (Lipinski definition) is 3. The van der Waals surface area contributed by atoms with Gasteiger partial charge in [0.2, 0.25) is 0 Å². The summed E-state index contributed by atoms with van der Waals surface area (Å²) < 4.78 is 30.7. The highest BCUT2D eigenvalue weighted by Gasteiger charge is 2.17. The maximum absolute atomic E-state index is 12.7. The number of nitrogens with one attached hydrogen (secondary N) is 2. The lowest BCUT2D eigenvalue weighted by Crippen LogP contribution is -2.16. The normalized spacial score (nSPS) is 12.2. The van der Waals surface area contributed by atoms with Crippen LogP contribution in [-0.2, 0) is 5.60 Å². The number of aliphatic hydroxyl groups is 1. The Balaban J connectivity index is 1.97. The van der Waals surface area contributed by atoms with Crippen LogP contribution in [0.25, 0.3) is 0 Å². The molecule has 1 aromatic heterocycles. The minimum Gasteiger partial charge on any atom is -0.457 e. The molecule has 1 heterocycles. The van der Waals surface area contributed by atoms with Crippen LogP contribution in [0.4, 0.5) is 14.5 Å². The fourth-order valence-corrected chi connectivity index (χ4v) is 1.88. The molecular weight excluding hydrogens is 344 g/mol. The highest BCUT2D eigenvalue weighted by molar-refractivity contribution is 5.48. The molecule has 2 rings (SSSR count). The molecule has 0 aliphatic carbocycles. The van der Waals surface area contributed by atoms with Crippen LogP contribution in [0, 0.1) is 5.53 Å². The summed E-state index contributed by atoms with van der Waals surface area (Å²) in [5.41, 5.74) is 7.18. The first-order chi connectivity index (χ1) is 12.3. The number of nitrogens with zero attached hydrogens (tertiary/aromatic N) is 3. The zero-order valence-electron chi connectivity index (χ0n) is 14.3. The molecule has 26 heavy (non-hydrogen) atoms. The summed E-state index contributed by atoms with van der Waals surface area (Å²) in [6.45, 7) is 3.13. The molecule has 138 valence electrons. The monoisotopic (exact) mass is 363 g/mol. The van der Waals surface area contributed by atoms with Gasteiger partial charge in [-0.15, -0.1) is 0 Å². The first-order valence-electron chi connectivity index (χ1n) is 7.68. The summed E-state index contributed by atoms with van der Waals surface area (Å²) in [5, 5.41) is 15.9. The zero-order valence-corrected chi connectivity index (χ0v) is 14.3. The van der Waals surface area contributed by atoms with Gasteiger partial charge in [-0.05, 0) is 26.0 Å². The molecular formula is C17H19F2N5O2. The second-order valence-electron chi connectivity index (χ2n) is 5.92. The number of benzene rings is 1. The molecule has 2 aromatic rings. The van der Waals surface area contributed by atoms with Gasteiger partial charge in [-0.3, -0.25) is 0 Å². The second-order valence-corrected chi connectivity index (χ2v) is 5.92. The van der Waals surface area contributed by atoms with Crippen molar-refractivity contribution in [1.82, 2.24) is 9.97 Å². The van der Waals surface area contributed by atoms with Gasteiger partial charge < -0.3 is 15.2 Å². The Hall–Kier alpha value is -2.94. The van der Waals surface area contributed by atoms with E-state index in [0.29, 0.717) is 11.3 Å². The highest BCUT2D eigenvalue weighted by Crippen LogP contribution is 2.22. The number of alkyl halides is 2. The van der Waals surface area contributed by atoms with Crippen molar-refractivity contribution in [3.63, 3.8) is 0 Å². The number of aromatic nitrogens is 2. The van der Waals surface area contributed by atoms with Gasteiger partial charge >= 0.3 is 6.01 Å². The number of halogens is 2. The minimum absolute atomic E-state index is 0.0623. The van der Waals surface area contributed by atoms with E-state index in [1.807, 2.05) is 0 Å². The van der Waals surface area contributed by atoms with Crippen molar-refractivity contribution in [2.24, 2.45) is 5.11 Å². The quantitative estimate of drug-likeness (QED) is 0.615. The Kier molecular flexibility index (Phi) is 6.29. The van der Waals surface area contributed by atoms with E-state index in [-0.39, 0.29) is 23.9 Å². The van der Waals surface area contributed by atoms with Crippen LogP contribution in [0.3, 0.4) is 0 Å². The summed E-state index contributed by atoms with van der Waals surface area (Å²) >= 11 is 0. The van der Waals surface area contributed by atoms with Crippen molar-refractivity contribution in [2.75, 3.05) is 11.9 Å². The molecule has 0 aliphatic heterocycles. The van der Waals surface area contributed by atoms with Gasteiger partial charge in [-0.1, -0.05) is 12.1 Å². The standard InChI is InChI=1S/C17H19F2N5O2/c1-17(2,25)12-7-22-16(23-8-12)26-10-14(24-20)9-21-13-5-3-4-11(6-13)15(18)19/h3-9,15,20-21,25H,10H2,1-2H3/b14-9-,24-20?. The molecule has 0 spiro atoms. The molecule has 0 aliphatic rings. The highest BCUT2D eigenvalue weighted by atomic mass is 19.3. The smallest absolute Gasteiger partial charge is 0.316 e. The summed E-state index contributed by atoms with van der Waals surface area (Å²) in [5.74, 6) is 0. The van der Waals surface area contributed by atoms with Crippen LogP contribution in [0.1, 0.15) is 31.4 Å². The Labute approximate surface area is 149 Å². The van der Waals surface area contributed by atoms with Gasteiger partial charge in [0.15, 0.2) is 0 Å². The molecule has 3 N–H and O–H groups in total. The van der Waals surface area contributed by atoms with Crippen molar-refractivity contribution in [3.05, 3.63) is 59.7 Å². The SMILES string of the molecule is CC(C)(O)c1cnc(OC/C(=C/Nc2cccc(C(F)F)c2)N=N)nc1. The third kappa shape index (κ3) is 5.55. The topological polar surface area (TPSA) is 103 Å². The molecule has 0 saturated carbocycles. The summed E-state index contributed by atoms with van der Waals surface area (Å²) in [6.07, 6.45) is 1.70. The predicted molar refractivity (Wildman–Crippen MR) is 91.0 cm³/mol. The van der Waals surface area contributed by atoms with Crippen molar-refractivity contribution in [2.45, 2.75) is 25.9 Å². The van der Waals surface area contributed by atoms with Crippen LogP contribution >= 0.6 is 0 Å². The summed E-state index contributed by atoms with van der Waals surface area (Å²) in [4.78, 5) is 7.95. The lowest BCUT2D eigenvalue weighted by molar-refractivity contribution is 0.0776. The molecule has 0 radical (unpaired) electrons. The lowest BCUT2D eigenvalue weighted by Gasteiger charge is -2.16. The van der Waals surface area contributed by atoms with Gasteiger partial charge in [-0.25, -0.2) is 24.3 Å². The molecule has 1 aromatic carbocycles. The molecule has 0 unspecified atom stereocenters. The van der Waals surface area contributed by atoms with E-state index < -0.39 is 12.0 Å². The number of ether oxygens (including phenoxy) is 1. The van der Waals surface area contributed by atoms with E-state index in [9.17, 15) is 13.9 Å². The Morgan fingerprint density at radius 1 is 1.38 bits per heavy atom. The average molecular weight is 363 g/mol. The largest absolute Gasteiger partial charge is 0.457 e. The van der Waals surface area contributed by atoms with Crippen molar-refractivity contribution in [1.29, 1.82) is 5.53 Å². The zero-order chi connectivity index (χ0) is 19.2.